The summed E-state index contributed by atoms with van der Waals surface area (Å²) in [6, 6.07) is 10.9. The predicted octanol–water partition coefficient (Wildman–Crippen LogP) is 5.34. The molecule has 2 aromatic carbocycles. The van der Waals surface area contributed by atoms with Gasteiger partial charge >= 0.3 is 11.9 Å². The third kappa shape index (κ3) is 5.60. The second kappa shape index (κ2) is 10.4. The molecule has 1 aliphatic rings. The zero-order valence-corrected chi connectivity index (χ0v) is 18.5. The summed E-state index contributed by atoms with van der Waals surface area (Å²) in [5.74, 6) is 1.12. The van der Waals surface area contributed by atoms with Crippen LogP contribution in [0.3, 0.4) is 0 Å². The van der Waals surface area contributed by atoms with Gasteiger partial charge in [-0.1, -0.05) is 12.1 Å². The standard InChI is InChI=1S/C24H26N2O6/c1-5-29-21(27)13-15(3)25-17-11-12-18(26-16(4)14-22(28)30-6-2)24-23(17)31-19-9-7-8-10-20(19)32-24/h7-14,25-26H,5-6H2,1-4H3/b15-13+,16-14+. The maximum absolute atomic E-state index is 11.8. The Hall–Kier alpha value is -3.94. The van der Waals surface area contributed by atoms with Crippen molar-refractivity contribution in [3.63, 3.8) is 0 Å². The molecule has 0 amide bonds. The summed E-state index contributed by atoms with van der Waals surface area (Å²) in [4.78, 5) is 23.5. The molecule has 168 valence electrons. The number of allylic oxidation sites excluding steroid dienone is 2. The summed E-state index contributed by atoms with van der Waals surface area (Å²) in [5.41, 5.74) is 2.36. The number of anilines is 2. The van der Waals surface area contributed by atoms with Gasteiger partial charge in [0.25, 0.3) is 0 Å². The van der Waals surface area contributed by atoms with Crippen molar-refractivity contribution in [3.05, 3.63) is 59.9 Å². The highest BCUT2D eigenvalue weighted by Gasteiger charge is 2.25. The van der Waals surface area contributed by atoms with Crippen molar-refractivity contribution in [2.24, 2.45) is 0 Å². The van der Waals surface area contributed by atoms with Gasteiger partial charge in [-0.2, -0.15) is 0 Å². The van der Waals surface area contributed by atoms with E-state index in [2.05, 4.69) is 10.6 Å². The molecule has 2 N–H and O–H groups in total. The minimum absolute atomic E-state index is 0.296. The van der Waals surface area contributed by atoms with E-state index in [1.807, 2.05) is 12.1 Å². The van der Waals surface area contributed by atoms with Gasteiger partial charge in [0.05, 0.1) is 24.6 Å². The number of hydrogen-bond acceptors (Lipinski definition) is 8. The number of carbonyl (C=O) groups is 2. The van der Waals surface area contributed by atoms with Gasteiger partial charge in [-0.15, -0.1) is 0 Å². The minimum atomic E-state index is -0.438. The van der Waals surface area contributed by atoms with E-state index in [1.54, 1.807) is 52.0 Å². The lowest BCUT2D eigenvalue weighted by Gasteiger charge is -2.25. The van der Waals surface area contributed by atoms with E-state index < -0.39 is 11.9 Å². The van der Waals surface area contributed by atoms with Crippen molar-refractivity contribution in [1.82, 2.24) is 0 Å². The van der Waals surface area contributed by atoms with Gasteiger partial charge in [0.2, 0.25) is 0 Å². The Labute approximate surface area is 186 Å². The molecule has 0 saturated heterocycles. The smallest absolute Gasteiger partial charge is 0.332 e. The molecular formula is C24H26N2O6. The molecule has 0 radical (unpaired) electrons. The second-order valence-corrected chi connectivity index (χ2v) is 6.88. The Balaban J connectivity index is 1.94. The molecule has 0 fully saturated rings. The second-order valence-electron chi connectivity index (χ2n) is 6.88. The third-order valence-corrected chi connectivity index (χ3v) is 4.29. The molecular weight excluding hydrogens is 412 g/mol. The fourth-order valence-electron chi connectivity index (χ4n) is 3.02. The molecule has 0 bridgehead atoms. The Morgan fingerprint density at radius 3 is 1.56 bits per heavy atom. The fourth-order valence-corrected chi connectivity index (χ4v) is 3.02. The van der Waals surface area contributed by atoms with Crippen molar-refractivity contribution in [3.8, 4) is 23.0 Å². The van der Waals surface area contributed by atoms with Crippen LogP contribution in [-0.2, 0) is 19.1 Å². The highest BCUT2D eigenvalue weighted by Crippen LogP contribution is 2.52. The highest BCUT2D eigenvalue weighted by atomic mass is 16.6. The number of esters is 2. The largest absolute Gasteiger partial charge is 0.463 e. The lowest BCUT2D eigenvalue weighted by molar-refractivity contribution is -0.138. The van der Waals surface area contributed by atoms with E-state index in [9.17, 15) is 9.59 Å². The summed E-state index contributed by atoms with van der Waals surface area (Å²) < 4.78 is 22.2. The van der Waals surface area contributed by atoms with Crippen molar-refractivity contribution >= 4 is 23.3 Å². The Morgan fingerprint density at radius 2 is 1.19 bits per heavy atom. The topological polar surface area (TPSA) is 95.1 Å². The number of hydrogen-bond donors (Lipinski definition) is 2. The molecule has 2 aromatic rings. The lowest BCUT2D eigenvalue weighted by atomic mass is 10.2. The molecule has 1 heterocycles. The molecule has 0 aliphatic carbocycles. The fraction of sp³-hybridized carbons (Fsp3) is 0.250. The van der Waals surface area contributed by atoms with Gasteiger partial charge in [-0.3, -0.25) is 0 Å². The molecule has 3 rings (SSSR count). The monoisotopic (exact) mass is 438 g/mol. The van der Waals surface area contributed by atoms with Crippen molar-refractivity contribution in [2.75, 3.05) is 23.8 Å². The molecule has 1 aliphatic heterocycles. The number of carbonyl (C=O) groups excluding carboxylic acids is 2. The zero-order valence-electron chi connectivity index (χ0n) is 18.5. The van der Waals surface area contributed by atoms with Crippen LogP contribution in [0.4, 0.5) is 11.4 Å². The van der Waals surface area contributed by atoms with E-state index in [1.165, 1.54) is 12.2 Å². The molecule has 0 atom stereocenters. The number of benzene rings is 2. The summed E-state index contributed by atoms with van der Waals surface area (Å²) in [6.45, 7) is 7.59. The van der Waals surface area contributed by atoms with Crippen LogP contribution in [0.2, 0.25) is 0 Å². The highest BCUT2D eigenvalue weighted by molar-refractivity contribution is 5.86. The molecule has 8 nitrogen and oxygen atoms in total. The predicted molar refractivity (Wildman–Crippen MR) is 121 cm³/mol. The first-order valence-electron chi connectivity index (χ1n) is 10.3. The van der Waals surface area contributed by atoms with Crippen molar-refractivity contribution in [2.45, 2.75) is 27.7 Å². The van der Waals surface area contributed by atoms with Gasteiger partial charge < -0.3 is 29.6 Å². The summed E-state index contributed by atoms with van der Waals surface area (Å²) in [5, 5.41) is 6.32. The van der Waals surface area contributed by atoms with E-state index in [0.717, 1.165) is 0 Å². The Kier molecular flexibility index (Phi) is 7.38. The number of ether oxygens (including phenoxy) is 4. The van der Waals surface area contributed by atoms with E-state index in [4.69, 9.17) is 18.9 Å². The van der Waals surface area contributed by atoms with Crippen LogP contribution in [0, 0.1) is 0 Å². The maximum Gasteiger partial charge on any atom is 0.332 e. The Morgan fingerprint density at radius 1 is 0.781 bits per heavy atom. The van der Waals surface area contributed by atoms with Gasteiger partial charge in [0.1, 0.15) is 0 Å². The number of nitrogens with one attached hydrogen (secondary N) is 2. The average Bonchev–Trinajstić information content (AvgIpc) is 2.74. The van der Waals surface area contributed by atoms with Crippen LogP contribution in [0.25, 0.3) is 0 Å². The van der Waals surface area contributed by atoms with Gasteiger partial charge in [-0.05, 0) is 52.0 Å². The summed E-state index contributed by atoms with van der Waals surface area (Å²) in [7, 11) is 0. The molecule has 0 aromatic heterocycles. The normalized spacial score (nSPS) is 12.5. The van der Waals surface area contributed by atoms with Gasteiger partial charge in [-0.25, -0.2) is 9.59 Å². The third-order valence-electron chi connectivity index (χ3n) is 4.29. The first-order valence-corrected chi connectivity index (χ1v) is 10.3. The van der Waals surface area contributed by atoms with Crippen molar-refractivity contribution < 1.29 is 28.5 Å². The SMILES string of the molecule is CCOC(=O)/C=C(\C)Nc1ccc(N/C(C)=C/C(=O)OCC)c2c1Oc1ccccc1O2. The van der Waals surface area contributed by atoms with Crippen LogP contribution < -0.4 is 20.1 Å². The van der Waals surface area contributed by atoms with Crippen LogP contribution in [0.5, 0.6) is 23.0 Å². The zero-order chi connectivity index (χ0) is 23.1. The Bertz CT molecular complexity index is 990. The quantitative estimate of drug-likeness (QED) is 0.359. The van der Waals surface area contributed by atoms with Gasteiger partial charge in [0, 0.05) is 23.5 Å². The number of rotatable bonds is 8. The van der Waals surface area contributed by atoms with Crippen LogP contribution in [0.1, 0.15) is 27.7 Å². The maximum atomic E-state index is 11.8. The van der Waals surface area contributed by atoms with Crippen molar-refractivity contribution in [1.29, 1.82) is 0 Å². The van der Waals surface area contributed by atoms with Crippen LogP contribution in [0.15, 0.2) is 59.9 Å². The van der Waals surface area contributed by atoms with Crippen LogP contribution in [-0.4, -0.2) is 25.2 Å². The lowest BCUT2D eigenvalue weighted by Crippen LogP contribution is -2.09. The number of para-hydroxylation sites is 2. The number of fused-ring (bicyclic) bond motifs is 2. The summed E-state index contributed by atoms with van der Waals surface area (Å²) >= 11 is 0. The molecule has 8 heteroatoms. The molecule has 32 heavy (non-hydrogen) atoms. The average molecular weight is 438 g/mol. The van der Waals surface area contributed by atoms with Crippen LogP contribution >= 0.6 is 0 Å². The van der Waals surface area contributed by atoms with Gasteiger partial charge in [0.15, 0.2) is 23.0 Å². The minimum Gasteiger partial charge on any atom is -0.463 e. The summed E-state index contributed by atoms with van der Waals surface area (Å²) in [6.07, 6.45) is 2.73. The van der Waals surface area contributed by atoms with E-state index in [-0.39, 0.29) is 0 Å². The first-order chi connectivity index (χ1) is 15.4. The molecule has 0 spiro atoms. The molecule has 0 saturated carbocycles. The molecule has 0 unspecified atom stereocenters. The van der Waals surface area contributed by atoms with E-state index >= 15 is 0 Å². The van der Waals surface area contributed by atoms with E-state index in [0.29, 0.717) is 59.0 Å². The first kappa shape index (κ1) is 22.7.